The third-order valence-corrected chi connectivity index (χ3v) is 5.74. The second-order valence-corrected chi connectivity index (χ2v) is 6.51. The van der Waals surface area contributed by atoms with Gasteiger partial charge in [-0.25, -0.2) is 0 Å². The van der Waals surface area contributed by atoms with Crippen LogP contribution in [0.25, 0.3) is 0 Å². The van der Waals surface area contributed by atoms with E-state index in [0.29, 0.717) is 12.1 Å². The van der Waals surface area contributed by atoms with Crippen molar-refractivity contribution in [3.05, 3.63) is 46.1 Å². The maximum absolute atomic E-state index is 11.4. The van der Waals surface area contributed by atoms with Gasteiger partial charge in [-0.1, -0.05) is 0 Å². The summed E-state index contributed by atoms with van der Waals surface area (Å²) in [5, 5.41) is 0. The third kappa shape index (κ3) is 1.67. The van der Waals surface area contributed by atoms with Crippen LogP contribution in [0, 0.1) is 3.57 Å². The van der Waals surface area contributed by atoms with Crippen molar-refractivity contribution >= 4 is 26.5 Å². The van der Waals surface area contributed by atoms with E-state index in [0.717, 1.165) is 3.57 Å². The molecule has 1 heterocycles. The molecule has 0 aromatic heterocycles. The molecular formula is C10H10INO2. The predicted molar refractivity (Wildman–Crippen MR) is 62.8 cm³/mol. The van der Waals surface area contributed by atoms with Gasteiger partial charge in [0, 0.05) is 0 Å². The summed E-state index contributed by atoms with van der Waals surface area (Å²) in [5.74, 6) is -0.192. The van der Waals surface area contributed by atoms with Gasteiger partial charge in [-0.3, -0.25) is 0 Å². The average molecular weight is 303 g/mol. The van der Waals surface area contributed by atoms with Crippen molar-refractivity contribution < 1.29 is 7.86 Å². The summed E-state index contributed by atoms with van der Waals surface area (Å²) in [7, 11) is 0. The van der Waals surface area contributed by atoms with Crippen LogP contribution in [0.5, 0.6) is 0 Å². The Morgan fingerprint density at radius 2 is 2.29 bits per heavy atom. The second kappa shape index (κ2) is 4.10. The Bertz CT molecular complexity index is 378. The Morgan fingerprint density at radius 3 is 3.07 bits per heavy atom. The van der Waals surface area contributed by atoms with Crippen LogP contribution in [0.2, 0.25) is 0 Å². The Hall–Kier alpha value is -0.880. The summed E-state index contributed by atoms with van der Waals surface area (Å²) in [6, 6.07) is 7.56. The molecule has 0 bridgehead atoms. The molecular weight excluding hydrogens is 293 g/mol. The van der Waals surface area contributed by atoms with Gasteiger partial charge in [0.15, 0.2) is 0 Å². The summed E-state index contributed by atoms with van der Waals surface area (Å²) in [5.41, 5.74) is 0.717. The molecule has 2 rings (SSSR count). The van der Waals surface area contributed by atoms with Gasteiger partial charge < -0.3 is 0 Å². The fraction of sp³-hybridized carbons (Fsp3) is 0.100. The molecule has 3 nitrogen and oxygen atoms in total. The maximum atomic E-state index is 11.4. The van der Waals surface area contributed by atoms with E-state index in [-0.39, 0.29) is 5.97 Å². The normalized spacial score (nSPS) is 16.3. The summed E-state index contributed by atoms with van der Waals surface area (Å²) in [6.07, 6.45) is 1.77. The minimum atomic E-state index is -1.90. The number of hydrogen-bond acceptors (Lipinski definition) is 3. The van der Waals surface area contributed by atoms with Crippen molar-refractivity contribution in [1.82, 2.24) is 3.53 Å². The molecule has 0 amide bonds. The molecule has 1 N–H and O–H groups in total. The van der Waals surface area contributed by atoms with Gasteiger partial charge in [0.25, 0.3) is 0 Å². The van der Waals surface area contributed by atoms with Crippen molar-refractivity contribution in [3.63, 3.8) is 0 Å². The second-order valence-electron chi connectivity index (χ2n) is 2.72. The first-order valence-electron chi connectivity index (χ1n) is 4.19. The first-order chi connectivity index (χ1) is 6.83. The van der Waals surface area contributed by atoms with Crippen LogP contribution in [-0.2, 0) is 3.07 Å². The van der Waals surface area contributed by atoms with E-state index in [2.05, 4.69) is 10.1 Å². The van der Waals surface area contributed by atoms with Gasteiger partial charge in [0.05, 0.1) is 0 Å². The Labute approximate surface area is 90.4 Å². The van der Waals surface area contributed by atoms with E-state index in [1.165, 1.54) is 0 Å². The average Bonchev–Trinajstić information content (AvgIpc) is 2.54. The van der Waals surface area contributed by atoms with Crippen LogP contribution >= 0.6 is 20.5 Å². The molecule has 1 aliphatic heterocycles. The zero-order valence-electron chi connectivity index (χ0n) is 7.50. The summed E-state index contributed by atoms with van der Waals surface area (Å²) in [6.45, 7) is 4.31. The fourth-order valence-electron chi connectivity index (χ4n) is 1.15. The number of carbonyl (C=O) groups excluding carboxylic acids is 1. The van der Waals surface area contributed by atoms with E-state index in [1.807, 2.05) is 24.3 Å². The van der Waals surface area contributed by atoms with Crippen molar-refractivity contribution in [2.45, 2.75) is 0 Å². The summed E-state index contributed by atoms with van der Waals surface area (Å²) < 4.78 is 9.56. The van der Waals surface area contributed by atoms with E-state index >= 15 is 0 Å². The zero-order valence-corrected chi connectivity index (χ0v) is 9.65. The molecule has 0 unspecified atom stereocenters. The van der Waals surface area contributed by atoms with Crippen LogP contribution in [0.3, 0.4) is 0 Å². The number of nitrogens with one attached hydrogen (secondary N) is 1. The van der Waals surface area contributed by atoms with E-state index < -0.39 is 20.5 Å². The van der Waals surface area contributed by atoms with Crippen molar-refractivity contribution in [2.75, 3.05) is 6.54 Å². The van der Waals surface area contributed by atoms with Crippen LogP contribution < -0.4 is 3.53 Å². The Balaban J connectivity index is 2.25. The van der Waals surface area contributed by atoms with E-state index in [9.17, 15) is 4.79 Å². The zero-order chi connectivity index (χ0) is 9.97. The number of carbonyl (C=O) groups is 1. The predicted octanol–water partition coefficient (Wildman–Crippen LogP) is 2.14. The van der Waals surface area contributed by atoms with Gasteiger partial charge in [-0.15, -0.1) is 0 Å². The molecule has 0 spiro atoms. The van der Waals surface area contributed by atoms with Gasteiger partial charge in [0.1, 0.15) is 0 Å². The first-order valence-corrected chi connectivity index (χ1v) is 7.23. The molecule has 0 saturated heterocycles. The molecule has 14 heavy (non-hydrogen) atoms. The van der Waals surface area contributed by atoms with Crippen LogP contribution in [0.4, 0.5) is 0 Å². The Morgan fingerprint density at radius 1 is 1.50 bits per heavy atom. The molecule has 0 radical (unpaired) electrons. The number of hydrogen-bond donors (Lipinski definition) is 1. The van der Waals surface area contributed by atoms with Gasteiger partial charge >= 0.3 is 90.5 Å². The number of rotatable bonds is 3. The van der Waals surface area contributed by atoms with E-state index in [1.54, 1.807) is 6.08 Å². The van der Waals surface area contributed by atoms with Gasteiger partial charge in [-0.05, 0) is 0 Å². The van der Waals surface area contributed by atoms with Crippen molar-refractivity contribution in [1.29, 1.82) is 0 Å². The molecule has 4 heteroatoms. The van der Waals surface area contributed by atoms with Crippen molar-refractivity contribution in [2.24, 2.45) is 0 Å². The fourth-order valence-corrected chi connectivity index (χ4v) is 4.77. The number of fused-ring (bicyclic) bond motifs is 1. The molecule has 1 aromatic carbocycles. The van der Waals surface area contributed by atoms with Crippen LogP contribution in [0.15, 0.2) is 36.9 Å². The topological polar surface area (TPSA) is 38.3 Å². The standard InChI is InChI=1S/C10H10INO2/c1-2-7-12-11-9-6-4-3-5-8(9)10(13)14-11/h2-6,12H,1,7H2. The SMILES string of the molecule is C=CCNI1OC(=O)c2ccccc21. The summed E-state index contributed by atoms with van der Waals surface area (Å²) in [4.78, 5) is 11.4. The third-order valence-electron chi connectivity index (χ3n) is 1.77. The van der Waals surface area contributed by atoms with E-state index in [4.69, 9.17) is 3.07 Å². The molecule has 1 aromatic rings. The molecule has 0 fully saturated rings. The van der Waals surface area contributed by atoms with Crippen LogP contribution in [-0.4, -0.2) is 12.5 Å². The number of benzene rings is 1. The molecule has 0 atom stereocenters. The quantitative estimate of drug-likeness (QED) is 0.528. The van der Waals surface area contributed by atoms with Gasteiger partial charge in [0.2, 0.25) is 0 Å². The van der Waals surface area contributed by atoms with Crippen molar-refractivity contribution in [3.8, 4) is 0 Å². The monoisotopic (exact) mass is 303 g/mol. The summed E-state index contributed by atoms with van der Waals surface area (Å²) >= 11 is -1.90. The molecule has 74 valence electrons. The molecule has 1 aliphatic rings. The Kier molecular flexibility index (Phi) is 2.83. The number of halogens is 1. The minimum absolute atomic E-state index is 0.192. The molecule has 0 aliphatic carbocycles. The molecule has 0 saturated carbocycles. The first kappa shape index (κ1) is 9.67. The van der Waals surface area contributed by atoms with Gasteiger partial charge in [-0.2, -0.15) is 0 Å². The van der Waals surface area contributed by atoms with Crippen LogP contribution in [0.1, 0.15) is 10.4 Å².